The molecule has 0 aliphatic rings. The predicted molar refractivity (Wildman–Crippen MR) is 89.6 cm³/mol. The van der Waals surface area contributed by atoms with Crippen LogP contribution in [0.2, 0.25) is 0 Å². The summed E-state index contributed by atoms with van der Waals surface area (Å²) in [5, 5.41) is 0. The lowest BCUT2D eigenvalue weighted by Crippen LogP contribution is -2.33. The average molecular weight is 282 g/mol. The Kier molecular flexibility index (Phi) is 5.55. The lowest BCUT2D eigenvalue weighted by Gasteiger charge is -2.11. The van der Waals surface area contributed by atoms with Gasteiger partial charge in [-0.2, -0.15) is 0 Å². The first kappa shape index (κ1) is 15.8. The van der Waals surface area contributed by atoms with Crippen molar-refractivity contribution in [2.75, 3.05) is 0 Å². The Balaban J connectivity index is 2.06. The van der Waals surface area contributed by atoms with Crippen molar-refractivity contribution < 1.29 is 4.57 Å². The van der Waals surface area contributed by atoms with Crippen LogP contribution in [0.15, 0.2) is 48.8 Å². The minimum Gasteiger partial charge on any atom is -0.201 e. The molecule has 0 atom stereocenters. The van der Waals surface area contributed by atoms with Crippen LogP contribution < -0.4 is 4.57 Å². The number of benzene rings is 1. The van der Waals surface area contributed by atoms with E-state index in [2.05, 4.69) is 81.1 Å². The van der Waals surface area contributed by atoms with Crippen molar-refractivity contribution in [2.24, 2.45) is 0 Å². The number of hydrogen-bond donors (Lipinski definition) is 0. The van der Waals surface area contributed by atoms with Crippen molar-refractivity contribution in [1.29, 1.82) is 0 Å². The summed E-state index contributed by atoms with van der Waals surface area (Å²) in [6, 6.07) is 13.5. The van der Waals surface area contributed by atoms with Gasteiger partial charge in [0.15, 0.2) is 18.9 Å². The van der Waals surface area contributed by atoms with Crippen molar-refractivity contribution in [2.45, 2.75) is 58.9 Å². The van der Waals surface area contributed by atoms with Gasteiger partial charge in [0.2, 0.25) is 0 Å². The molecular formula is C20H28N+. The third-order valence-corrected chi connectivity index (χ3v) is 4.39. The van der Waals surface area contributed by atoms with Gasteiger partial charge in [-0.1, -0.05) is 52.0 Å². The molecule has 0 N–H and O–H groups in total. The minimum atomic E-state index is 0.603. The molecule has 0 aliphatic heterocycles. The average Bonchev–Trinajstić information content (AvgIpc) is 2.51. The van der Waals surface area contributed by atoms with Crippen LogP contribution in [0.25, 0.3) is 0 Å². The first-order valence-corrected chi connectivity index (χ1v) is 8.21. The maximum absolute atomic E-state index is 2.28. The van der Waals surface area contributed by atoms with Crippen molar-refractivity contribution >= 4 is 0 Å². The predicted octanol–water partition coefficient (Wildman–Crippen LogP) is 5.05. The van der Waals surface area contributed by atoms with Crippen LogP contribution in [-0.2, 0) is 6.54 Å². The molecule has 2 aromatic rings. The zero-order chi connectivity index (χ0) is 15.2. The van der Waals surface area contributed by atoms with E-state index >= 15 is 0 Å². The summed E-state index contributed by atoms with van der Waals surface area (Å²) in [7, 11) is 0. The Hall–Kier alpha value is -1.63. The molecular weight excluding hydrogens is 254 g/mol. The van der Waals surface area contributed by atoms with Crippen molar-refractivity contribution in [3.05, 3.63) is 65.5 Å². The summed E-state index contributed by atoms with van der Waals surface area (Å²) in [6.07, 6.45) is 6.86. The van der Waals surface area contributed by atoms with Gasteiger partial charge in [-0.15, -0.1) is 0 Å². The number of aromatic nitrogens is 1. The first-order chi connectivity index (χ1) is 10.1. The van der Waals surface area contributed by atoms with Gasteiger partial charge in [-0.3, -0.25) is 0 Å². The molecule has 0 bridgehead atoms. The van der Waals surface area contributed by atoms with Gasteiger partial charge < -0.3 is 0 Å². The van der Waals surface area contributed by atoms with E-state index < -0.39 is 0 Å². The molecule has 1 heteroatoms. The van der Waals surface area contributed by atoms with E-state index in [0.717, 1.165) is 6.54 Å². The van der Waals surface area contributed by atoms with Crippen molar-refractivity contribution in [3.8, 4) is 0 Å². The van der Waals surface area contributed by atoms with Gasteiger partial charge in [-0.05, 0) is 35.8 Å². The number of hydrogen-bond acceptors (Lipinski definition) is 0. The summed E-state index contributed by atoms with van der Waals surface area (Å²) in [6.45, 7) is 9.96. The largest absolute Gasteiger partial charge is 0.201 e. The second kappa shape index (κ2) is 7.40. The van der Waals surface area contributed by atoms with Gasteiger partial charge in [-0.25, -0.2) is 4.57 Å². The second-order valence-electron chi connectivity index (χ2n) is 6.21. The molecule has 2 rings (SSSR count). The SMILES string of the molecule is CCC(CC)c1cc[n+](Cc2ccc(C(C)C)cc2)cc1. The van der Waals surface area contributed by atoms with Crippen LogP contribution in [0.1, 0.15) is 69.1 Å². The highest BCUT2D eigenvalue weighted by molar-refractivity contribution is 5.24. The molecule has 0 aliphatic carbocycles. The van der Waals surface area contributed by atoms with Crippen LogP contribution in [0.4, 0.5) is 0 Å². The molecule has 0 saturated carbocycles. The Morgan fingerprint density at radius 1 is 0.810 bits per heavy atom. The van der Waals surface area contributed by atoms with E-state index in [0.29, 0.717) is 11.8 Å². The third kappa shape index (κ3) is 4.17. The fraction of sp³-hybridized carbons (Fsp3) is 0.450. The number of rotatable bonds is 6. The van der Waals surface area contributed by atoms with Gasteiger partial charge >= 0.3 is 0 Å². The van der Waals surface area contributed by atoms with E-state index in [1.165, 1.54) is 29.5 Å². The standard InChI is InChI=1S/C20H28N/c1-5-18(6-2)20-11-13-21(14-12-20)15-17-7-9-19(10-8-17)16(3)4/h7-14,16,18H,5-6,15H2,1-4H3/q+1. The van der Waals surface area contributed by atoms with Crippen LogP contribution >= 0.6 is 0 Å². The van der Waals surface area contributed by atoms with E-state index in [1.807, 2.05) is 0 Å². The van der Waals surface area contributed by atoms with Crippen LogP contribution in [0.3, 0.4) is 0 Å². The van der Waals surface area contributed by atoms with Crippen molar-refractivity contribution in [3.63, 3.8) is 0 Å². The molecule has 0 unspecified atom stereocenters. The highest BCUT2D eigenvalue weighted by atomic mass is 14.9. The molecule has 0 amide bonds. The zero-order valence-corrected chi connectivity index (χ0v) is 13.8. The van der Waals surface area contributed by atoms with Crippen LogP contribution in [-0.4, -0.2) is 0 Å². The molecule has 0 fully saturated rings. The number of nitrogens with zero attached hydrogens (tertiary/aromatic N) is 1. The van der Waals surface area contributed by atoms with E-state index in [1.54, 1.807) is 0 Å². The lowest BCUT2D eigenvalue weighted by molar-refractivity contribution is -0.688. The highest BCUT2D eigenvalue weighted by Crippen LogP contribution is 2.21. The second-order valence-corrected chi connectivity index (χ2v) is 6.21. The molecule has 0 radical (unpaired) electrons. The topological polar surface area (TPSA) is 3.88 Å². The summed E-state index contributed by atoms with van der Waals surface area (Å²) >= 11 is 0. The maximum atomic E-state index is 2.28. The Morgan fingerprint density at radius 3 is 1.86 bits per heavy atom. The summed E-state index contributed by atoms with van der Waals surface area (Å²) < 4.78 is 2.26. The molecule has 0 saturated heterocycles. The monoisotopic (exact) mass is 282 g/mol. The quantitative estimate of drug-likeness (QED) is 0.653. The Bertz CT molecular complexity index is 533. The first-order valence-electron chi connectivity index (χ1n) is 8.21. The van der Waals surface area contributed by atoms with E-state index in [-0.39, 0.29) is 0 Å². The highest BCUT2D eigenvalue weighted by Gasteiger charge is 2.09. The summed E-state index contributed by atoms with van der Waals surface area (Å²) in [4.78, 5) is 0. The van der Waals surface area contributed by atoms with E-state index in [4.69, 9.17) is 0 Å². The maximum Gasteiger partial charge on any atom is 0.173 e. The normalized spacial score (nSPS) is 11.3. The fourth-order valence-corrected chi connectivity index (χ4v) is 2.83. The molecule has 0 spiro atoms. The lowest BCUT2D eigenvalue weighted by atomic mass is 9.95. The molecule has 1 heterocycles. The van der Waals surface area contributed by atoms with Crippen LogP contribution in [0.5, 0.6) is 0 Å². The van der Waals surface area contributed by atoms with Crippen molar-refractivity contribution in [1.82, 2.24) is 0 Å². The molecule has 1 aromatic carbocycles. The van der Waals surface area contributed by atoms with Gasteiger partial charge in [0, 0.05) is 17.7 Å². The third-order valence-electron chi connectivity index (χ3n) is 4.39. The summed E-state index contributed by atoms with van der Waals surface area (Å²) in [5.74, 6) is 1.30. The van der Waals surface area contributed by atoms with Gasteiger partial charge in [0.1, 0.15) is 0 Å². The molecule has 112 valence electrons. The smallest absolute Gasteiger partial charge is 0.173 e. The van der Waals surface area contributed by atoms with Gasteiger partial charge in [0.25, 0.3) is 0 Å². The van der Waals surface area contributed by atoms with Crippen LogP contribution in [0, 0.1) is 0 Å². The zero-order valence-electron chi connectivity index (χ0n) is 13.8. The Labute approximate surface area is 129 Å². The van der Waals surface area contributed by atoms with Gasteiger partial charge in [0.05, 0.1) is 0 Å². The minimum absolute atomic E-state index is 0.603. The fourth-order valence-electron chi connectivity index (χ4n) is 2.83. The number of pyridine rings is 1. The summed E-state index contributed by atoms with van der Waals surface area (Å²) in [5.41, 5.74) is 4.24. The van der Waals surface area contributed by atoms with E-state index in [9.17, 15) is 0 Å². The Morgan fingerprint density at radius 2 is 1.38 bits per heavy atom. The molecule has 21 heavy (non-hydrogen) atoms. The molecule has 1 aromatic heterocycles. The molecule has 1 nitrogen and oxygen atoms in total.